The van der Waals surface area contributed by atoms with Crippen LogP contribution in [0.15, 0.2) is 30.3 Å². The minimum atomic E-state index is 0.338. The molecule has 1 aromatic rings. The van der Waals surface area contributed by atoms with Crippen LogP contribution in [0.5, 0.6) is 0 Å². The summed E-state index contributed by atoms with van der Waals surface area (Å²) in [7, 11) is 0. The van der Waals surface area contributed by atoms with E-state index >= 15 is 0 Å². The SMILES string of the molecule is CCC(NC1(c2ccccc2)CC1)C1CC1. The summed E-state index contributed by atoms with van der Waals surface area (Å²) in [4.78, 5) is 0. The van der Waals surface area contributed by atoms with Gasteiger partial charge in [0.2, 0.25) is 0 Å². The second-order valence-electron chi connectivity index (χ2n) is 5.44. The Balaban J connectivity index is 1.73. The standard InChI is InChI=1S/C15H21N/c1-2-14(12-8-9-12)16-15(10-11-15)13-6-4-3-5-7-13/h3-7,12,14,16H,2,8-11H2,1H3. The monoisotopic (exact) mass is 215 g/mol. The van der Waals surface area contributed by atoms with Crippen LogP contribution in [0, 0.1) is 5.92 Å². The summed E-state index contributed by atoms with van der Waals surface area (Å²) in [6, 6.07) is 11.7. The minimum absolute atomic E-state index is 0.338. The predicted octanol–water partition coefficient (Wildman–Crippen LogP) is 3.45. The van der Waals surface area contributed by atoms with Crippen LogP contribution in [0.4, 0.5) is 0 Å². The van der Waals surface area contributed by atoms with Crippen LogP contribution < -0.4 is 5.32 Å². The van der Waals surface area contributed by atoms with Crippen molar-refractivity contribution < 1.29 is 0 Å². The van der Waals surface area contributed by atoms with E-state index in [0.29, 0.717) is 5.54 Å². The number of hydrogen-bond donors (Lipinski definition) is 1. The van der Waals surface area contributed by atoms with Crippen molar-refractivity contribution in [3.05, 3.63) is 35.9 Å². The lowest BCUT2D eigenvalue weighted by Crippen LogP contribution is -2.39. The molecule has 0 bridgehead atoms. The van der Waals surface area contributed by atoms with Gasteiger partial charge in [-0.1, -0.05) is 37.3 Å². The molecule has 2 fully saturated rings. The highest BCUT2D eigenvalue weighted by atomic mass is 15.1. The maximum Gasteiger partial charge on any atom is 0.0438 e. The normalized spacial score (nSPS) is 24.1. The maximum absolute atomic E-state index is 3.93. The molecule has 86 valence electrons. The van der Waals surface area contributed by atoms with Crippen LogP contribution in [0.1, 0.15) is 44.6 Å². The van der Waals surface area contributed by atoms with E-state index in [2.05, 4.69) is 42.6 Å². The van der Waals surface area contributed by atoms with Crippen LogP contribution in [0.2, 0.25) is 0 Å². The summed E-state index contributed by atoms with van der Waals surface area (Å²) in [6.45, 7) is 2.32. The van der Waals surface area contributed by atoms with Crippen molar-refractivity contribution in [1.29, 1.82) is 0 Å². The van der Waals surface area contributed by atoms with Crippen LogP contribution in [0.25, 0.3) is 0 Å². The van der Waals surface area contributed by atoms with Crippen molar-refractivity contribution in [3.63, 3.8) is 0 Å². The molecule has 2 saturated carbocycles. The highest BCUT2D eigenvalue weighted by molar-refractivity contribution is 5.30. The average Bonchev–Trinajstić information content (AvgIpc) is 3.21. The van der Waals surface area contributed by atoms with Crippen LogP contribution in [0.3, 0.4) is 0 Å². The van der Waals surface area contributed by atoms with E-state index in [1.165, 1.54) is 37.7 Å². The summed E-state index contributed by atoms with van der Waals surface area (Å²) in [5.74, 6) is 0.964. The number of nitrogens with one attached hydrogen (secondary N) is 1. The summed E-state index contributed by atoms with van der Waals surface area (Å²) in [5.41, 5.74) is 1.83. The van der Waals surface area contributed by atoms with E-state index in [-0.39, 0.29) is 0 Å². The molecule has 0 saturated heterocycles. The van der Waals surface area contributed by atoms with Gasteiger partial charge < -0.3 is 5.32 Å². The molecule has 1 nitrogen and oxygen atoms in total. The summed E-state index contributed by atoms with van der Waals surface area (Å²) in [5, 5.41) is 3.93. The lowest BCUT2D eigenvalue weighted by molar-refractivity contribution is 0.376. The molecular formula is C15H21N. The molecular weight excluding hydrogens is 194 g/mol. The van der Waals surface area contributed by atoms with E-state index < -0.39 is 0 Å². The van der Waals surface area contributed by atoms with E-state index in [9.17, 15) is 0 Å². The first kappa shape index (κ1) is 10.3. The first-order chi connectivity index (χ1) is 7.84. The van der Waals surface area contributed by atoms with Gasteiger partial charge in [-0.25, -0.2) is 0 Å². The van der Waals surface area contributed by atoms with Gasteiger partial charge in [0.1, 0.15) is 0 Å². The zero-order valence-corrected chi connectivity index (χ0v) is 10.1. The quantitative estimate of drug-likeness (QED) is 0.793. The molecule has 1 heteroatoms. The lowest BCUT2D eigenvalue weighted by Gasteiger charge is -2.25. The Bertz CT molecular complexity index is 349. The van der Waals surface area contributed by atoms with Gasteiger partial charge in [0.15, 0.2) is 0 Å². The zero-order valence-electron chi connectivity index (χ0n) is 10.1. The van der Waals surface area contributed by atoms with E-state index in [1.807, 2.05) is 0 Å². The molecule has 0 heterocycles. The third-order valence-corrected chi connectivity index (χ3v) is 4.17. The van der Waals surface area contributed by atoms with Gasteiger partial charge >= 0.3 is 0 Å². The molecule has 0 spiro atoms. The molecule has 0 amide bonds. The van der Waals surface area contributed by atoms with Crippen molar-refractivity contribution in [3.8, 4) is 0 Å². The second-order valence-corrected chi connectivity index (χ2v) is 5.44. The Morgan fingerprint density at radius 2 is 1.94 bits per heavy atom. The highest BCUT2D eigenvalue weighted by Gasteiger charge is 2.47. The predicted molar refractivity (Wildman–Crippen MR) is 67.3 cm³/mol. The molecule has 2 aliphatic rings. The first-order valence-corrected chi connectivity index (χ1v) is 6.67. The number of hydrogen-bond acceptors (Lipinski definition) is 1. The van der Waals surface area contributed by atoms with Crippen molar-refractivity contribution >= 4 is 0 Å². The summed E-state index contributed by atoms with van der Waals surface area (Å²) >= 11 is 0. The Hall–Kier alpha value is -0.820. The number of rotatable bonds is 5. The van der Waals surface area contributed by atoms with Gasteiger partial charge in [-0.2, -0.15) is 0 Å². The Kier molecular flexibility index (Phi) is 2.51. The molecule has 2 aliphatic carbocycles. The zero-order chi connectivity index (χ0) is 11.0. The molecule has 16 heavy (non-hydrogen) atoms. The molecule has 0 radical (unpaired) electrons. The van der Waals surface area contributed by atoms with Crippen molar-refractivity contribution in [2.45, 2.75) is 50.6 Å². The lowest BCUT2D eigenvalue weighted by atomic mass is 10.0. The fraction of sp³-hybridized carbons (Fsp3) is 0.600. The van der Waals surface area contributed by atoms with E-state index in [1.54, 1.807) is 0 Å². The van der Waals surface area contributed by atoms with E-state index in [0.717, 1.165) is 12.0 Å². The van der Waals surface area contributed by atoms with Crippen molar-refractivity contribution in [2.24, 2.45) is 5.92 Å². The molecule has 1 aromatic carbocycles. The molecule has 1 atom stereocenters. The molecule has 1 unspecified atom stereocenters. The van der Waals surface area contributed by atoms with Gasteiger partial charge in [0.25, 0.3) is 0 Å². The van der Waals surface area contributed by atoms with Crippen LogP contribution in [-0.2, 0) is 5.54 Å². The Labute approximate surface area is 98.3 Å². The molecule has 3 rings (SSSR count). The van der Waals surface area contributed by atoms with Gasteiger partial charge in [-0.15, -0.1) is 0 Å². The molecule has 0 aliphatic heterocycles. The molecule has 1 N–H and O–H groups in total. The smallest absolute Gasteiger partial charge is 0.0438 e. The fourth-order valence-corrected chi connectivity index (χ4v) is 2.81. The second kappa shape index (κ2) is 3.89. The summed E-state index contributed by atoms with van der Waals surface area (Å²) in [6.07, 6.45) is 6.80. The van der Waals surface area contributed by atoms with Gasteiger partial charge in [0, 0.05) is 11.6 Å². The van der Waals surface area contributed by atoms with Gasteiger partial charge in [0.05, 0.1) is 0 Å². The van der Waals surface area contributed by atoms with Crippen LogP contribution >= 0.6 is 0 Å². The third kappa shape index (κ3) is 1.89. The van der Waals surface area contributed by atoms with Crippen molar-refractivity contribution in [1.82, 2.24) is 5.32 Å². The van der Waals surface area contributed by atoms with Gasteiger partial charge in [-0.05, 0) is 43.6 Å². The fourth-order valence-electron chi connectivity index (χ4n) is 2.81. The average molecular weight is 215 g/mol. The Morgan fingerprint density at radius 1 is 1.25 bits per heavy atom. The van der Waals surface area contributed by atoms with E-state index in [4.69, 9.17) is 0 Å². The van der Waals surface area contributed by atoms with Crippen molar-refractivity contribution in [2.75, 3.05) is 0 Å². The maximum atomic E-state index is 3.93. The summed E-state index contributed by atoms with van der Waals surface area (Å²) < 4.78 is 0. The van der Waals surface area contributed by atoms with Gasteiger partial charge in [-0.3, -0.25) is 0 Å². The topological polar surface area (TPSA) is 12.0 Å². The third-order valence-electron chi connectivity index (χ3n) is 4.17. The van der Waals surface area contributed by atoms with Crippen LogP contribution in [-0.4, -0.2) is 6.04 Å². The minimum Gasteiger partial charge on any atom is -0.304 e. The highest BCUT2D eigenvalue weighted by Crippen LogP contribution is 2.47. The first-order valence-electron chi connectivity index (χ1n) is 6.67. The Morgan fingerprint density at radius 3 is 2.44 bits per heavy atom. The molecule has 0 aromatic heterocycles. The number of benzene rings is 1. The largest absolute Gasteiger partial charge is 0.304 e.